The van der Waals surface area contributed by atoms with Crippen molar-refractivity contribution in [2.24, 2.45) is 4.99 Å². The van der Waals surface area contributed by atoms with Gasteiger partial charge in [-0.3, -0.25) is 9.79 Å². The predicted octanol–water partition coefficient (Wildman–Crippen LogP) is 3.10. The van der Waals surface area contributed by atoms with Crippen LogP contribution in [0, 0.1) is 11.6 Å². The number of hydrogen-bond donors (Lipinski definition) is 1. The van der Waals surface area contributed by atoms with Gasteiger partial charge in [-0.25, -0.2) is 13.6 Å². The number of nitrogens with one attached hydrogen (secondary N) is 1. The number of benzene rings is 1. The molecular formula is C21H21F5N4O2. The molecule has 4 rings (SSSR count). The first-order chi connectivity index (χ1) is 15.1. The van der Waals surface area contributed by atoms with Crippen LogP contribution in [0.5, 0.6) is 0 Å². The monoisotopic (exact) mass is 456 g/mol. The van der Waals surface area contributed by atoms with Crippen LogP contribution in [0.3, 0.4) is 0 Å². The van der Waals surface area contributed by atoms with Crippen molar-refractivity contribution in [1.82, 2.24) is 15.1 Å². The molecule has 0 saturated carbocycles. The summed E-state index contributed by atoms with van der Waals surface area (Å²) in [5.41, 5.74) is 0.0546. The Morgan fingerprint density at radius 1 is 1.09 bits per heavy atom. The number of carbonyl (C=O) groups is 2. The van der Waals surface area contributed by atoms with Crippen molar-refractivity contribution in [3.63, 3.8) is 0 Å². The number of carbonyl (C=O) groups excluding carboxylic acids is 2. The third kappa shape index (κ3) is 3.84. The number of hydrogen-bond acceptors (Lipinski definition) is 3. The Hall–Kier alpha value is -2.98. The normalized spacial score (nSPS) is 19.4. The minimum Gasteiger partial charge on any atom is -0.341 e. The van der Waals surface area contributed by atoms with Gasteiger partial charge in [0.2, 0.25) is 0 Å². The van der Waals surface area contributed by atoms with E-state index >= 15 is 0 Å². The van der Waals surface area contributed by atoms with Gasteiger partial charge >= 0.3 is 12.2 Å². The Bertz CT molecular complexity index is 1030. The van der Waals surface area contributed by atoms with Crippen molar-refractivity contribution in [1.29, 1.82) is 0 Å². The molecule has 0 aromatic heterocycles. The van der Waals surface area contributed by atoms with E-state index in [1.807, 2.05) is 0 Å². The third-order valence-electron chi connectivity index (χ3n) is 6.21. The lowest BCUT2D eigenvalue weighted by Gasteiger charge is -2.33. The molecule has 1 fully saturated rings. The van der Waals surface area contributed by atoms with Gasteiger partial charge in [0.1, 0.15) is 5.71 Å². The number of rotatable bonds is 2. The largest absolute Gasteiger partial charge is 0.419 e. The average molecular weight is 456 g/mol. The zero-order valence-electron chi connectivity index (χ0n) is 17.2. The molecule has 1 aromatic rings. The van der Waals surface area contributed by atoms with Gasteiger partial charge < -0.3 is 15.1 Å². The number of alkyl halides is 3. The summed E-state index contributed by atoms with van der Waals surface area (Å²) < 4.78 is 67.5. The molecule has 0 aliphatic carbocycles. The van der Waals surface area contributed by atoms with Crippen molar-refractivity contribution < 1.29 is 31.5 Å². The molecule has 3 heterocycles. The average Bonchev–Trinajstić information content (AvgIpc) is 3.34. The maximum atomic E-state index is 13.9. The van der Waals surface area contributed by atoms with E-state index in [-0.39, 0.29) is 55.7 Å². The summed E-state index contributed by atoms with van der Waals surface area (Å²) in [5, 5.41) is 2.54. The van der Waals surface area contributed by atoms with Gasteiger partial charge in [0.05, 0.1) is 18.7 Å². The molecule has 6 nitrogen and oxygen atoms in total. The summed E-state index contributed by atoms with van der Waals surface area (Å²) in [6, 6.07) is 1.43. The fourth-order valence-corrected chi connectivity index (χ4v) is 4.58. The minimum atomic E-state index is -5.02. The topological polar surface area (TPSA) is 65.0 Å². The van der Waals surface area contributed by atoms with Crippen LogP contribution >= 0.6 is 0 Å². The van der Waals surface area contributed by atoms with E-state index in [2.05, 4.69) is 10.3 Å². The number of halogens is 5. The Balaban J connectivity index is 1.45. The standard InChI is InChI=1S/C21H21F5N4O2/c1-27-20(32)30-9-12-8-28-18(14(12)10-30)19(31)29-6-4-11(5-7-29)13-2-3-15(22)17(23)16(13)21(24,25)26/h2-3,11H,4-10H2,1H3,(H,27,32). The molecule has 11 heteroatoms. The number of aliphatic imine (C=N–C) groups is 1. The van der Waals surface area contributed by atoms with Crippen LogP contribution in [-0.4, -0.2) is 67.2 Å². The highest BCUT2D eigenvalue weighted by Gasteiger charge is 2.41. The summed E-state index contributed by atoms with van der Waals surface area (Å²) in [6.07, 6.45) is -4.65. The van der Waals surface area contributed by atoms with Gasteiger partial charge in [-0.1, -0.05) is 6.07 Å². The van der Waals surface area contributed by atoms with Crippen molar-refractivity contribution in [3.05, 3.63) is 46.0 Å². The molecule has 0 bridgehead atoms. The molecule has 1 saturated heterocycles. The molecule has 1 N–H and O–H groups in total. The number of urea groups is 1. The minimum absolute atomic E-state index is 0.167. The van der Waals surface area contributed by atoms with Gasteiger partial charge in [-0.15, -0.1) is 0 Å². The zero-order chi connectivity index (χ0) is 23.2. The molecule has 3 amide bonds. The lowest BCUT2D eigenvalue weighted by Crippen LogP contribution is -2.43. The van der Waals surface area contributed by atoms with E-state index in [9.17, 15) is 31.5 Å². The number of likely N-dealkylation sites (tertiary alicyclic amines) is 1. The van der Waals surface area contributed by atoms with Crippen LogP contribution in [0.15, 0.2) is 28.3 Å². The second-order valence-electron chi connectivity index (χ2n) is 8.05. The molecule has 3 aliphatic heterocycles. The summed E-state index contributed by atoms with van der Waals surface area (Å²) in [5.74, 6) is -4.41. The van der Waals surface area contributed by atoms with Crippen molar-refractivity contribution in [3.8, 4) is 0 Å². The maximum absolute atomic E-state index is 13.9. The highest BCUT2D eigenvalue weighted by molar-refractivity contribution is 6.46. The first-order valence-electron chi connectivity index (χ1n) is 10.2. The highest BCUT2D eigenvalue weighted by atomic mass is 19.4. The van der Waals surface area contributed by atoms with Gasteiger partial charge in [0.25, 0.3) is 5.91 Å². The Morgan fingerprint density at radius 3 is 2.41 bits per heavy atom. The van der Waals surface area contributed by atoms with Gasteiger partial charge in [0.15, 0.2) is 11.6 Å². The molecule has 3 aliphatic rings. The second-order valence-corrected chi connectivity index (χ2v) is 8.05. The van der Waals surface area contributed by atoms with Gasteiger partial charge in [-0.2, -0.15) is 13.2 Å². The van der Waals surface area contributed by atoms with Crippen LogP contribution in [0.1, 0.15) is 29.9 Å². The van der Waals surface area contributed by atoms with Crippen LogP contribution in [0.2, 0.25) is 0 Å². The maximum Gasteiger partial charge on any atom is 0.419 e. The van der Waals surface area contributed by atoms with Crippen LogP contribution in [0.25, 0.3) is 0 Å². The van der Waals surface area contributed by atoms with E-state index in [1.165, 1.54) is 11.9 Å². The lowest BCUT2D eigenvalue weighted by atomic mass is 9.85. The van der Waals surface area contributed by atoms with Crippen LogP contribution < -0.4 is 5.32 Å². The first-order valence-corrected chi connectivity index (χ1v) is 10.2. The molecule has 172 valence electrons. The molecule has 0 radical (unpaired) electrons. The first kappa shape index (κ1) is 22.2. The third-order valence-corrected chi connectivity index (χ3v) is 6.21. The smallest absolute Gasteiger partial charge is 0.341 e. The van der Waals surface area contributed by atoms with Crippen molar-refractivity contribution in [2.45, 2.75) is 24.9 Å². The zero-order valence-corrected chi connectivity index (χ0v) is 17.2. The van der Waals surface area contributed by atoms with E-state index < -0.39 is 29.3 Å². The Labute approximate surface area is 180 Å². The molecule has 32 heavy (non-hydrogen) atoms. The fraction of sp³-hybridized carbons (Fsp3) is 0.476. The Morgan fingerprint density at radius 2 is 1.78 bits per heavy atom. The quantitative estimate of drug-likeness (QED) is 0.696. The fourth-order valence-electron chi connectivity index (χ4n) is 4.58. The van der Waals surface area contributed by atoms with E-state index in [0.717, 1.165) is 17.2 Å². The second kappa shape index (κ2) is 8.18. The number of amides is 3. The predicted molar refractivity (Wildman–Crippen MR) is 105 cm³/mol. The number of nitrogens with zero attached hydrogens (tertiary/aromatic N) is 3. The SMILES string of the molecule is CNC(=O)N1CC2=C(C1)C(C(=O)N1CCC(c3ccc(F)c(F)c3C(F)(F)F)CC1)=NC2. The van der Waals surface area contributed by atoms with E-state index in [1.54, 1.807) is 4.90 Å². The lowest BCUT2D eigenvalue weighted by molar-refractivity contribution is -0.141. The van der Waals surface area contributed by atoms with Crippen molar-refractivity contribution >= 4 is 17.6 Å². The van der Waals surface area contributed by atoms with Crippen LogP contribution in [-0.2, 0) is 11.0 Å². The van der Waals surface area contributed by atoms with Crippen molar-refractivity contribution in [2.75, 3.05) is 39.8 Å². The highest BCUT2D eigenvalue weighted by Crippen LogP contribution is 2.41. The number of piperidine rings is 1. The van der Waals surface area contributed by atoms with E-state index in [4.69, 9.17) is 0 Å². The van der Waals surface area contributed by atoms with E-state index in [0.29, 0.717) is 19.2 Å². The van der Waals surface area contributed by atoms with Gasteiger partial charge in [-0.05, 0) is 36.0 Å². The molecule has 0 spiro atoms. The van der Waals surface area contributed by atoms with Gasteiger partial charge in [0, 0.05) is 32.3 Å². The summed E-state index contributed by atoms with van der Waals surface area (Å²) in [6.45, 7) is 1.35. The van der Waals surface area contributed by atoms with Crippen LogP contribution in [0.4, 0.5) is 26.7 Å². The summed E-state index contributed by atoms with van der Waals surface area (Å²) >= 11 is 0. The molecule has 0 atom stereocenters. The molecule has 0 unspecified atom stereocenters. The summed E-state index contributed by atoms with van der Waals surface area (Å²) in [7, 11) is 1.52. The molecular weight excluding hydrogens is 435 g/mol. The summed E-state index contributed by atoms with van der Waals surface area (Å²) in [4.78, 5) is 32.3. The Kier molecular flexibility index (Phi) is 5.68. The molecule has 1 aromatic carbocycles.